The van der Waals surface area contributed by atoms with Crippen LogP contribution in [0.25, 0.3) is 11.0 Å². The summed E-state index contributed by atoms with van der Waals surface area (Å²) in [5, 5.41) is 2.30. The third-order valence-electron chi connectivity index (χ3n) is 5.80. The number of ether oxygens (including phenoxy) is 1. The summed E-state index contributed by atoms with van der Waals surface area (Å²) in [6.45, 7) is 8.17. The van der Waals surface area contributed by atoms with Gasteiger partial charge in [0.2, 0.25) is 5.91 Å². The SMILES string of the molecule is CCn1c(=O)n(CCC(=O)OCc2csc(N(C(C)=O)c3ccc(C)cc3C)n2)c2ccccc21. The van der Waals surface area contributed by atoms with Gasteiger partial charge < -0.3 is 4.74 Å². The van der Waals surface area contributed by atoms with Gasteiger partial charge in [-0.2, -0.15) is 0 Å². The maximum absolute atomic E-state index is 12.7. The molecule has 2 aromatic heterocycles. The number of amides is 1. The maximum Gasteiger partial charge on any atom is 0.329 e. The summed E-state index contributed by atoms with van der Waals surface area (Å²) >= 11 is 1.32. The van der Waals surface area contributed by atoms with Gasteiger partial charge in [-0.3, -0.25) is 23.6 Å². The van der Waals surface area contributed by atoms with Gasteiger partial charge in [-0.05, 0) is 44.5 Å². The summed E-state index contributed by atoms with van der Waals surface area (Å²) in [6.07, 6.45) is 0.0662. The van der Waals surface area contributed by atoms with Crippen molar-refractivity contribution in [2.75, 3.05) is 4.90 Å². The third-order valence-corrected chi connectivity index (χ3v) is 6.68. The summed E-state index contributed by atoms with van der Waals surface area (Å²) in [6, 6.07) is 13.4. The van der Waals surface area contributed by atoms with E-state index < -0.39 is 5.97 Å². The second-order valence-corrected chi connectivity index (χ2v) is 9.18. The minimum atomic E-state index is -0.419. The number of anilines is 2. The van der Waals surface area contributed by atoms with Crippen LogP contribution >= 0.6 is 11.3 Å². The summed E-state index contributed by atoms with van der Waals surface area (Å²) in [4.78, 5) is 43.6. The number of esters is 1. The van der Waals surface area contributed by atoms with Crippen molar-refractivity contribution in [3.8, 4) is 0 Å². The Hall–Kier alpha value is -3.72. The molecule has 0 aliphatic rings. The summed E-state index contributed by atoms with van der Waals surface area (Å²) < 4.78 is 8.71. The molecule has 182 valence electrons. The lowest BCUT2D eigenvalue weighted by atomic mass is 10.1. The quantitative estimate of drug-likeness (QED) is 0.332. The van der Waals surface area contributed by atoms with E-state index in [1.54, 1.807) is 19.4 Å². The van der Waals surface area contributed by atoms with Crippen LogP contribution < -0.4 is 10.6 Å². The molecular formula is C26H28N4O4S. The second-order valence-electron chi connectivity index (χ2n) is 8.34. The lowest BCUT2D eigenvalue weighted by molar-refractivity contribution is -0.145. The zero-order valence-corrected chi connectivity index (χ0v) is 21.1. The Bertz CT molecular complexity index is 1450. The summed E-state index contributed by atoms with van der Waals surface area (Å²) in [5.41, 5.74) is 4.94. The highest BCUT2D eigenvalue weighted by Crippen LogP contribution is 2.31. The molecule has 8 nitrogen and oxygen atoms in total. The molecule has 4 aromatic rings. The molecule has 0 unspecified atom stereocenters. The first-order valence-corrected chi connectivity index (χ1v) is 12.3. The molecule has 2 aromatic carbocycles. The predicted molar refractivity (Wildman–Crippen MR) is 137 cm³/mol. The van der Waals surface area contributed by atoms with Gasteiger partial charge in [-0.1, -0.05) is 29.8 Å². The Labute approximate surface area is 207 Å². The molecule has 1 amide bonds. The van der Waals surface area contributed by atoms with Gasteiger partial charge in [0, 0.05) is 25.4 Å². The van der Waals surface area contributed by atoms with Crippen molar-refractivity contribution in [1.82, 2.24) is 14.1 Å². The summed E-state index contributed by atoms with van der Waals surface area (Å²) in [7, 11) is 0. The Balaban J connectivity index is 1.41. The van der Waals surface area contributed by atoms with E-state index in [1.165, 1.54) is 18.3 Å². The number of carbonyl (C=O) groups is 2. The van der Waals surface area contributed by atoms with Crippen LogP contribution in [0.4, 0.5) is 10.8 Å². The topological polar surface area (TPSA) is 86.4 Å². The van der Waals surface area contributed by atoms with E-state index in [0.717, 1.165) is 27.8 Å². The largest absolute Gasteiger partial charge is 0.459 e. The number of aromatic nitrogens is 3. The second kappa shape index (κ2) is 10.3. The van der Waals surface area contributed by atoms with Crippen molar-refractivity contribution in [1.29, 1.82) is 0 Å². The van der Waals surface area contributed by atoms with Crippen molar-refractivity contribution < 1.29 is 14.3 Å². The molecule has 0 fully saturated rings. The van der Waals surface area contributed by atoms with Crippen LogP contribution in [0.3, 0.4) is 0 Å². The number of hydrogen-bond donors (Lipinski definition) is 0. The van der Waals surface area contributed by atoms with Crippen LogP contribution in [0.15, 0.2) is 52.6 Å². The Morgan fingerprint density at radius 2 is 1.80 bits per heavy atom. The van der Waals surface area contributed by atoms with Gasteiger partial charge in [0.25, 0.3) is 0 Å². The first-order valence-electron chi connectivity index (χ1n) is 11.5. The van der Waals surface area contributed by atoms with E-state index >= 15 is 0 Å². The van der Waals surface area contributed by atoms with E-state index in [4.69, 9.17) is 4.74 Å². The molecule has 0 spiro atoms. The number of nitrogens with zero attached hydrogens (tertiary/aromatic N) is 4. The van der Waals surface area contributed by atoms with Crippen LogP contribution in [0.2, 0.25) is 0 Å². The van der Waals surface area contributed by atoms with E-state index in [-0.39, 0.29) is 31.2 Å². The normalized spacial score (nSPS) is 11.1. The predicted octanol–water partition coefficient (Wildman–Crippen LogP) is 4.71. The van der Waals surface area contributed by atoms with Crippen molar-refractivity contribution in [2.24, 2.45) is 0 Å². The molecule has 0 saturated heterocycles. The van der Waals surface area contributed by atoms with Crippen molar-refractivity contribution in [3.63, 3.8) is 0 Å². The number of hydrogen-bond acceptors (Lipinski definition) is 6. The molecule has 35 heavy (non-hydrogen) atoms. The number of aryl methyl sites for hydroxylation is 4. The maximum atomic E-state index is 12.7. The van der Waals surface area contributed by atoms with Gasteiger partial charge >= 0.3 is 11.7 Å². The molecule has 0 radical (unpaired) electrons. The lowest BCUT2D eigenvalue weighted by Gasteiger charge is -2.20. The zero-order valence-electron chi connectivity index (χ0n) is 20.3. The van der Waals surface area contributed by atoms with E-state index in [0.29, 0.717) is 17.4 Å². The van der Waals surface area contributed by atoms with E-state index in [9.17, 15) is 14.4 Å². The number of benzene rings is 2. The van der Waals surface area contributed by atoms with Crippen molar-refractivity contribution in [3.05, 3.63) is 75.1 Å². The molecule has 2 heterocycles. The number of carbonyl (C=O) groups excluding carboxylic acids is 2. The smallest absolute Gasteiger partial charge is 0.329 e. The average molecular weight is 493 g/mol. The number of thiazole rings is 1. The molecule has 0 atom stereocenters. The standard InChI is InChI=1S/C26H28N4O4S/c1-5-28-22-8-6-7-9-23(22)29(26(28)33)13-12-24(32)34-15-20-16-35-25(27-20)30(19(4)31)21-11-10-17(2)14-18(21)3/h6-11,14,16H,5,12-13,15H2,1-4H3. The van der Waals surface area contributed by atoms with Gasteiger partial charge in [0.1, 0.15) is 6.61 Å². The summed E-state index contributed by atoms with van der Waals surface area (Å²) in [5.74, 6) is -0.566. The number of fused-ring (bicyclic) bond motifs is 1. The van der Waals surface area contributed by atoms with Crippen LogP contribution in [-0.2, 0) is 34.0 Å². The molecule has 4 rings (SSSR count). The molecule has 0 saturated carbocycles. The first-order chi connectivity index (χ1) is 16.8. The molecule has 0 aliphatic heterocycles. The van der Waals surface area contributed by atoms with Crippen LogP contribution in [0.1, 0.15) is 37.1 Å². The van der Waals surface area contributed by atoms with Gasteiger partial charge in [-0.25, -0.2) is 9.78 Å². The highest BCUT2D eigenvalue weighted by molar-refractivity contribution is 7.14. The van der Waals surface area contributed by atoms with E-state index in [2.05, 4.69) is 4.98 Å². The number of para-hydroxylation sites is 2. The first kappa shape index (κ1) is 24.4. The molecular weight excluding hydrogens is 464 g/mol. The fourth-order valence-corrected chi connectivity index (χ4v) is 5.02. The minimum absolute atomic E-state index is 0.000420. The zero-order chi connectivity index (χ0) is 25.1. The molecule has 0 aliphatic carbocycles. The third kappa shape index (κ3) is 5.05. The van der Waals surface area contributed by atoms with Crippen molar-refractivity contribution >= 4 is 45.1 Å². The fraction of sp³-hybridized carbons (Fsp3) is 0.308. The average Bonchev–Trinajstić information content (AvgIpc) is 3.39. The Morgan fingerprint density at radius 3 is 2.46 bits per heavy atom. The number of imidazole rings is 1. The molecule has 0 bridgehead atoms. The molecule has 9 heteroatoms. The van der Waals surface area contributed by atoms with Gasteiger partial charge in [-0.15, -0.1) is 11.3 Å². The number of rotatable bonds is 8. The van der Waals surface area contributed by atoms with Gasteiger partial charge in [0.05, 0.1) is 28.8 Å². The fourth-order valence-electron chi connectivity index (χ4n) is 4.15. The van der Waals surface area contributed by atoms with Crippen LogP contribution in [-0.4, -0.2) is 26.0 Å². The Morgan fingerprint density at radius 1 is 1.09 bits per heavy atom. The monoisotopic (exact) mass is 492 g/mol. The van der Waals surface area contributed by atoms with E-state index in [1.807, 2.05) is 63.2 Å². The van der Waals surface area contributed by atoms with Crippen LogP contribution in [0, 0.1) is 13.8 Å². The Kier molecular flexibility index (Phi) is 7.16. The van der Waals surface area contributed by atoms with Crippen molar-refractivity contribution in [2.45, 2.75) is 53.8 Å². The lowest BCUT2D eigenvalue weighted by Crippen LogP contribution is -2.25. The molecule has 0 N–H and O–H groups in total. The highest BCUT2D eigenvalue weighted by atomic mass is 32.1. The highest BCUT2D eigenvalue weighted by Gasteiger charge is 2.20. The van der Waals surface area contributed by atoms with Gasteiger partial charge in [0.15, 0.2) is 5.13 Å². The minimum Gasteiger partial charge on any atom is -0.459 e. The van der Waals surface area contributed by atoms with Crippen LogP contribution in [0.5, 0.6) is 0 Å².